The van der Waals surface area contributed by atoms with Crippen LogP contribution in [0.3, 0.4) is 0 Å². The number of hydrogen-bond donors (Lipinski definition) is 3. The van der Waals surface area contributed by atoms with Crippen LogP contribution in [-0.2, 0) is 14.8 Å². The molecule has 0 aromatic heterocycles. The molecular weight excluding hydrogens is 345 g/mol. The van der Waals surface area contributed by atoms with Gasteiger partial charge in [-0.2, -0.15) is 0 Å². The SMILES string of the molecule is CNCCC(=O)Nc1ccc(F)c(S(=O)(=O)NC(C)(C)C)c1.Cl. The third-order valence-corrected chi connectivity index (χ3v) is 4.32. The Bertz CT molecular complexity index is 645. The molecule has 0 fully saturated rings. The zero-order valence-corrected chi connectivity index (χ0v) is 15.2. The predicted octanol–water partition coefficient (Wildman–Crippen LogP) is 1.87. The summed E-state index contributed by atoms with van der Waals surface area (Å²) < 4.78 is 40.6. The highest BCUT2D eigenvalue weighted by atomic mass is 35.5. The van der Waals surface area contributed by atoms with E-state index in [2.05, 4.69) is 15.4 Å². The molecule has 132 valence electrons. The number of hydrogen-bond acceptors (Lipinski definition) is 4. The minimum atomic E-state index is -4.01. The molecule has 3 N–H and O–H groups in total. The maximum Gasteiger partial charge on any atom is 0.244 e. The van der Waals surface area contributed by atoms with Crippen LogP contribution in [0.5, 0.6) is 0 Å². The largest absolute Gasteiger partial charge is 0.326 e. The maximum absolute atomic E-state index is 13.8. The Labute approximate surface area is 142 Å². The molecule has 0 aliphatic rings. The van der Waals surface area contributed by atoms with Gasteiger partial charge in [-0.05, 0) is 46.0 Å². The molecule has 23 heavy (non-hydrogen) atoms. The number of nitrogens with one attached hydrogen (secondary N) is 3. The van der Waals surface area contributed by atoms with Crippen molar-refractivity contribution in [3.8, 4) is 0 Å². The smallest absolute Gasteiger partial charge is 0.244 e. The molecule has 0 atom stereocenters. The van der Waals surface area contributed by atoms with Gasteiger partial charge >= 0.3 is 0 Å². The van der Waals surface area contributed by atoms with Crippen LogP contribution in [0.15, 0.2) is 23.1 Å². The average molecular weight is 368 g/mol. The summed E-state index contributed by atoms with van der Waals surface area (Å²) in [7, 11) is -2.30. The number of anilines is 1. The van der Waals surface area contributed by atoms with Crippen LogP contribution in [0.1, 0.15) is 27.2 Å². The zero-order valence-electron chi connectivity index (χ0n) is 13.6. The van der Waals surface area contributed by atoms with Gasteiger partial charge in [0.1, 0.15) is 10.7 Å². The van der Waals surface area contributed by atoms with Crippen LogP contribution in [-0.4, -0.2) is 33.5 Å². The fourth-order valence-corrected chi connectivity index (χ4v) is 3.23. The number of rotatable bonds is 6. The van der Waals surface area contributed by atoms with Crippen molar-refractivity contribution in [1.29, 1.82) is 0 Å². The molecule has 0 aliphatic carbocycles. The summed E-state index contributed by atoms with van der Waals surface area (Å²) in [6.07, 6.45) is 0.232. The zero-order chi connectivity index (χ0) is 17.0. The summed E-state index contributed by atoms with van der Waals surface area (Å²) in [6, 6.07) is 3.45. The van der Waals surface area contributed by atoms with Crippen molar-refractivity contribution in [1.82, 2.24) is 10.0 Å². The van der Waals surface area contributed by atoms with E-state index in [1.807, 2.05) is 0 Å². The van der Waals surface area contributed by atoms with E-state index in [4.69, 9.17) is 0 Å². The fourth-order valence-electron chi connectivity index (χ4n) is 1.71. The monoisotopic (exact) mass is 367 g/mol. The molecule has 0 spiro atoms. The van der Waals surface area contributed by atoms with Crippen molar-refractivity contribution < 1.29 is 17.6 Å². The molecule has 9 heteroatoms. The molecule has 6 nitrogen and oxygen atoms in total. The van der Waals surface area contributed by atoms with Crippen LogP contribution in [0.2, 0.25) is 0 Å². The first kappa shape index (κ1) is 21.8. The molecular formula is C14H23ClFN3O3S. The minimum Gasteiger partial charge on any atom is -0.326 e. The van der Waals surface area contributed by atoms with Crippen LogP contribution in [0.4, 0.5) is 10.1 Å². The number of carbonyl (C=O) groups is 1. The molecule has 1 rings (SSSR count). The number of halogens is 2. The Hall–Kier alpha value is -1.22. The van der Waals surface area contributed by atoms with Crippen molar-refractivity contribution in [2.24, 2.45) is 0 Å². The third kappa shape index (κ3) is 7.26. The van der Waals surface area contributed by atoms with Crippen LogP contribution in [0, 0.1) is 5.82 Å². The third-order valence-electron chi connectivity index (χ3n) is 2.55. The van der Waals surface area contributed by atoms with Gasteiger partial charge in [-0.25, -0.2) is 17.5 Å². The van der Waals surface area contributed by atoms with Gasteiger partial charge in [-0.1, -0.05) is 0 Å². The molecule has 0 bridgehead atoms. The Morgan fingerprint density at radius 2 is 1.87 bits per heavy atom. The normalized spacial score (nSPS) is 11.7. The van der Waals surface area contributed by atoms with E-state index in [1.54, 1.807) is 27.8 Å². The number of sulfonamides is 1. The van der Waals surface area contributed by atoms with E-state index in [-0.39, 0.29) is 30.4 Å². The highest BCUT2D eigenvalue weighted by Crippen LogP contribution is 2.21. The highest BCUT2D eigenvalue weighted by molar-refractivity contribution is 7.89. The first-order valence-electron chi connectivity index (χ1n) is 6.83. The lowest BCUT2D eigenvalue weighted by molar-refractivity contribution is -0.116. The van der Waals surface area contributed by atoms with Gasteiger partial charge in [0.2, 0.25) is 15.9 Å². The summed E-state index contributed by atoms with van der Waals surface area (Å²) in [5, 5.41) is 5.37. The summed E-state index contributed by atoms with van der Waals surface area (Å²) in [5.74, 6) is -1.15. The molecule has 1 amide bonds. The first-order valence-corrected chi connectivity index (χ1v) is 8.31. The van der Waals surface area contributed by atoms with Crippen LogP contribution < -0.4 is 15.4 Å². The van der Waals surface area contributed by atoms with E-state index in [9.17, 15) is 17.6 Å². The van der Waals surface area contributed by atoms with Gasteiger partial charge in [-0.3, -0.25) is 4.79 Å². The second-order valence-corrected chi connectivity index (χ2v) is 7.55. The molecule has 0 saturated carbocycles. The fraction of sp³-hybridized carbons (Fsp3) is 0.500. The second-order valence-electron chi connectivity index (χ2n) is 5.90. The van der Waals surface area contributed by atoms with Gasteiger partial charge in [0.05, 0.1) is 0 Å². The maximum atomic E-state index is 13.8. The summed E-state index contributed by atoms with van der Waals surface area (Å²) in [4.78, 5) is 11.1. The molecule has 1 aromatic rings. The Morgan fingerprint density at radius 1 is 1.26 bits per heavy atom. The van der Waals surface area contributed by atoms with Crippen molar-refractivity contribution in [3.05, 3.63) is 24.0 Å². The van der Waals surface area contributed by atoms with Gasteiger partial charge < -0.3 is 10.6 Å². The van der Waals surface area contributed by atoms with Gasteiger partial charge in [0, 0.05) is 24.2 Å². The molecule has 0 unspecified atom stereocenters. The van der Waals surface area contributed by atoms with Crippen molar-refractivity contribution in [2.75, 3.05) is 18.9 Å². The van der Waals surface area contributed by atoms with E-state index >= 15 is 0 Å². The van der Waals surface area contributed by atoms with E-state index < -0.39 is 26.3 Å². The molecule has 0 aliphatic heterocycles. The first-order chi connectivity index (χ1) is 10.0. The lowest BCUT2D eigenvalue weighted by Gasteiger charge is -2.20. The van der Waals surface area contributed by atoms with Crippen LogP contribution >= 0.6 is 12.4 Å². The Balaban J connectivity index is 0.00000484. The predicted molar refractivity (Wildman–Crippen MR) is 90.9 cm³/mol. The lowest BCUT2D eigenvalue weighted by atomic mass is 10.1. The minimum absolute atomic E-state index is 0. The lowest BCUT2D eigenvalue weighted by Crippen LogP contribution is -2.40. The van der Waals surface area contributed by atoms with Crippen molar-refractivity contribution in [2.45, 2.75) is 37.6 Å². The van der Waals surface area contributed by atoms with E-state index in [0.717, 1.165) is 12.1 Å². The summed E-state index contributed by atoms with van der Waals surface area (Å²) in [6.45, 7) is 5.47. The Kier molecular flexibility index (Phi) is 8.13. The summed E-state index contributed by atoms with van der Waals surface area (Å²) >= 11 is 0. The van der Waals surface area contributed by atoms with Gasteiger partial charge in [-0.15, -0.1) is 12.4 Å². The average Bonchev–Trinajstić information content (AvgIpc) is 2.35. The second kappa shape index (κ2) is 8.58. The quantitative estimate of drug-likeness (QED) is 0.716. The van der Waals surface area contributed by atoms with Crippen molar-refractivity contribution >= 4 is 34.0 Å². The Morgan fingerprint density at radius 3 is 2.39 bits per heavy atom. The van der Waals surface area contributed by atoms with Crippen LogP contribution in [0.25, 0.3) is 0 Å². The highest BCUT2D eigenvalue weighted by Gasteiger charge is 2.25. The number of carbonyl (C=O) groups excluding carboxylic acids is 1. The topological polar surface area (TPSA) is 87.3 Å². The standard InChI is InChI=1S/C14H22FN3O3S.ClH/c1-14(2,3)18-22(20,21)12-9-10(5-6-11(12)15)17-13(19)7-8-16-4;/h5-6,9,16,18H,7-8H2,1-4H3,(H,17,19);1H. The van der Waals surface area contributed by atoms with Gasteiger partial charge in [0.25, 0.3) is 0 Å². The summed E-state index contributed by atoms with van der Waals surface area (Å²) in [5.41, 5.74) is -0.506. The molecule has 1 aromatic carbocycles. The molecule has 0 saturated heterocycles. The molecule has 0 radical (unpaired) electrons. The van der Waals surface area contributed by atoms with E-state index in [0.29, 0.717) is 6.54 Å². The number of benzene rings is 1. The van der Waals surface area contributed by atoms with Crippen molar-refractivity contribution in [3.63, 3.8) is 0 Å². The molecule has 0 heterocycles. The number of amides is 1. The van der Waals surface area contributed by atoms with Gasteiger partial charge in [0.15, 0.2) is 0 Å². The van der Waals surface area contributed by atoms with E-state index in [1.165, 1.54) is 6.07 Å².